The van der Waals surface area contributed by atoms with Crippen LogP contribution >= 0.6 is 11.6 Å². The average molecular weight is 547 g/mol. The second kappa shape index (κ2) is 8.62. The number of aromatic nitrogens is 3. The van der Waals surface area contributed by atoms with Crippen LogP contribution in [0.1, 0.15) is 21.6 Å². The molecule has 4 rings (SSSR count). The molecule has 0 unspecified atom stereocenters. The Hall–Kier alpha value is -2.81. The molecule has 2 heterocycles. The average Bonchev–Trinajstić information content (AvgIpc) is 3.16. The van der Waals surface area contributed by atoms with Crippen molar-refractivity contribution in [1.82, 2.24) is 18.7 Å². The minimum atomic E-state index is -4.49. The summed E-state index contributed by atoms with van der Waals surface area (Å²) in [6.45, 7) is -0.536. The predicted octanol–water partition coefficient (Wildman–Crippen LogP) is 4.42. The van der Waals surface area contributed by atoms with Gasteiger partial charge in [-0.15, -0.1) is 0 Å². The van der Waals surface area contributed by atoms with Crippen LogP contribution in [0, 0.1) is 0 Å². The number of rotatable bonds is 4. The number of nitrogens with one attached hydrogen (secondary N) is 1. The van der Waals surface area contributed by atoms with Crippen LogP contribution in [-0.2, 0) is 31.3 Å². The molecule has 0 aliphatic carbocycles. The molecule has 165 valence electrons. The summed E-state index contributed by atoms with van der Waals surface area (Å²) in [6, 6.07) is 11.5. The Balaban J connectivity index is 2.07. The number of hydrogen-bond donors (Lipinski definition) is 2. The van der Waals surface area contributed by atoms with Gasteiger partial charge < -0.3 is 0 Å². The van der Waals surface area contributed by atoms with Crippen LogP contribution < -0.4 is 4.06 Å². The zero-order valence-corrected chi connectivity index (χ0v) is 18.5. The Morgan fingerprint density at radius 2 is 1.81 bits per heavy atom. The number of aliphatic hydroxyl groups excluding tert-OH is 1. The topological polar surface area (TPSA) is 79.5 Å². The molecule has 0 aliphatic heterocycles. The molecule has 2 N–H and O–H groups in total. The third-order valence-corrected chi connectivity index (χ3v) is 5.55. The van der Waals surface area contributed by atoms with E-state index in [-0.39, 0.29) is 16.9 Å². The van der Waals surface area contributed by atoms with Crippen LogP contribution in [-0.4, -0.2) is 25.6 Å². The zero-order valence-electron chi connectivity index (χ0n) is 16.0. The number of amides is 1. The second-order valence-electron chi connectivity index (χ2n) is 6.71. The molecule has 32 heavy (non-hydrogen) atoms. The molecule has 2 aromatic carbocycles. The molecule has 1 amide bonds. The van der Waals surface area contributed by atoms with Crippen molar-refractivity contribution in [2.24, 2.45) is 0 Å². The Bertz CT molecular complexity index is 1320. The summed E-state index contributed by atoms with van der Waals surface area (Å²) in [7, 11) is 0. The third kappa shape index (κ3) is 3.90. The summed E-state index contributed by atoms with van der Waals surface area (Å²) in [5.41, 5.74) is 1.31. The molecule has 0 spiro atoms. The van der Waals surface area contributed by atoms with Gasteiger partial charge in [-0.2, -0.15) is 0 Å². The van der Waals surface area contributed by atoms with Crippen molar-refractivity contribution in [3.63, 3.8) is 0 Å². The van der Waals surface area contributed by atoms with Gasteiger partial charge in [0.05, 0.1) is 0 Å². The van der Waals surface area contributed by atoms with Gasteiger partial charge in [-0.25, -0.2) is 0 Å². The number of halogens is 4. The molecular formula is C21H13ClF3N4O2Ru. The van der Waals surface area contributed by atoms with Crippen molar-refractivity contribution in [3.8, 4) is 22.4 Å². The second-order valence-corrected chi connectivity index (χ2v) is 7.55. The van der Waals surface area contributed by atoms with Gasteiger partial charge in [-0.1, -0.05) is 0 Å². The molecular weight excluding hydrogens is 534 g/mol. The van der Waals surface area contributed by atoms with Gasteiger partial charge in [0.1, 0.15) is 0 Å². The van der Waals surface area contributed by atoms with E-state index >= 15 is 0 Å². The summed E-state index contributed by atoms with van der Waals surface area (Å²) in [6.07, 6.45) is -3.01. The summed E-state index contributed by atoms with van der Waals surface area (Å²) < 4.78 is 43.0. The molecule has 0 saturated carbocycles. The molecule has 0 fully saturated rings. The summed E-state index contributed by atoms with van der Waals surface area (Å²) >= 11 is 8.35. The van der Waals surface area contributed by atoms with E-state index in [0.29, 0.717) is 27.4 Å². The van der Waals surface area contributed by atoms with Gasteiger partial charge in [-0.3, -0.25) is 0 Å². The normalized spacial score (nSPS) is 11.7. The quantitative estimate of drug-likeness (QED) is 0.372. The SMILES string of the molecule is O=C([NH][Ru])c1c(CO)nn2c(-c3ccc(C(F)(F)F)cc3)c(-c3ccccc3Cl)cnc12. The third-order valence-electron chi connectivity index (χ3n) is 4.82. The fourth-order valence-electron chi connectivity index (χ4n) is 3.39. The van der Waals surface area contributed by atoms with E-state index in [1.807, 2.05) is 18.5 Å². The van der Waals surface area contributed by atoms with Gasteiger partial charge in [0, 0.05) is 0 Å². The zero-order chi connectivity index (χ0) is 23.0. The van der Waals surface area contributed by atoms with E-state index in [2.05, 4.69) is 14.1 Å². The van der Waals surface area contributed by atoms with Crippen molar-refractivity contribution >= 4 is 23.2 Å². The first-order valence-corrected chi connectivity index (χ1v) is 10.3. The molecule has 0 bridgehead atoms. The number of carbonyl (C=O) groups is 1. The van der Waals surface area contributed by atoms with Gasteiger partial charge in [-0.05, 0) is 0 Å². The summed E-state index contributed by atoms with van der Waals surface area (Å²) in [5, 5.41) is 14.5. The van der Waals surface area contributed by atoms with Gasteiger partial charge in [0.15, 0.2) is 0 Å². The van der Waals surface area contributed by atoms with E-state index in [0.717, 1.165) is 12.1 Å². The number of benzene rings is 2. The number of fused-ring (bicyclic) bond motifs is 1. The van der Waals surface area contributed by atoms with Gasteiger partial charge >= 0.3 is 195 Å². The molecule has 0 aliphatic rings. The molecule has 6 nitrogen and oxygen atoms in total. The van der Waals surface area contributed by atoms with E-state index in [9.17, 15) is 23.1 Å². The van der Waals surface area contributed by atoms with Crippen LogP contribution in [0.15, 0.2) is 54.7 Å². The number of carbonyl (C=O) groups excluding carboxylic acids is 1. The Morgan fingerprint density at radius 1 is 1.12 bits per heavy atom. The molecule has 11 heteroatoms. The first-order valence-electron chi connectivity index (χ1n) is 9.10. The fourth-order valence-corrected chi connectivity index (χ4v) is 3.84. The maximum absolute atomic E-state index is 13.1. The fraction of sp³-hybridized carbons (Fsp3) is 0.0952. The Kier molecular flexibility index (Phi) is 6.03. The van der Waals surface area contributed by atoms with E-state index in [4.69, 9.17) is 11.6 Å². The van der Waals surface area contributed by atoms with Crippen LogP contribution in [0.5, 0.6) is 0 Å². The van der Waals surface area contributed by atoms with Crippen molar-refractivity contribution in [3.05, 3.63) is 76.6 Å². The van der Waals surface area contributed by atoms with Gasteiger partial charge in [0.25, 0.3) is 0 Å². The molecule has 4 aromatic rings. The predicted molar refractivity (Wildman–Crippen MR) is 107 cm³/mol. The summed E-state index contributed by atoms with van der Waals surface area (Å²) in [5.74, 6) is -0.531. The van der Waals surface area contributed by atoms with Crippen molar-refractivity contribution in [2.75, 3.05) is 0 Å². The number of hydrogen-bond acceptors (Lipinski definition) is 4. The summed E-state index contributed by atoms with van der Waals surface area (Å²) in [4.78, 5) is 16.8. The molecule has 0 radical (unpaired) electrons. The van der Waals surface area contributed by atoms with Gasteiger partial charge in [0.2, 0.25) is 0 Å². The first kappa shape index (κ1) is 22.4. The van der Waals surface area contributed by atoms with Crippen LogP contribution in [0.3, 0.4) is 0 Å². The number of nitrogens with zero attached hydrogens (tertiary/aromatic N) is 3. The molecule has 2 aromatic heterocycles. The Labute approximate surface area is 195 Å². The molecule has 0 atom stereocenters. The van der Waals surface area contributed by atoms with Crippen LogP contribution in [0.25, 0.3) is 28.0 Å². The van der Waals surface area contributed by atoms with Crippen molar-refractivity contribution in [1.29, 1.82) is 0 Å². The minimum absolute atomic E-state index is 0.0602. The van der Waals surface area contributed by atoms with Crippen LogP contribution in [0.2, 0.25) is 5.02 Å². The standard InChI is InChI=1S/C21H14ClF3N4O2.Ru/c22-15-4-2-1-3-13(15)14-9-27-20-17(19(26)31)16(10-30)28-29(20)18(14)11-5-7-12(8-6-11)21(23,24)25;/h1-9,30H,10H2,(H2,26,31);/q;+1/p-1. The number of alkyl halides is 3. The maximum atomic E-state index is 13.1. The Morgan fingerprint density at radius 3 is 2.41 bits per heavy atom. The van der Waals surface area contributed by atoms with Crippen molar-refractivity contribution < 1.29 is 41.6 Å². The van der Waals surface area contributed by atoms with E-state index in [1.54, 1.807) is 24.3 Å². The monoisotopic (exact) mass is 547 g/mol. The van der Waals surface area contributed by atoms with Crippen molar-refractivity contribution in [2.45, 2.75) is 12.8 Å². The van der Waals surface area contributed by atoms with Crippen LogP contribution in [0.4, 0.5) is 13.2 Å². The van der Waals surface area contributed by atoms with E-state index < -0.39 is 24.3 Å². The molecule has 0 saturated heterocycles. The first-order chi connectivity index (χ1) is 15.3. The number of aliphatic hydroxyl groups is 1. The van der Waals surface area contributed by atoms with E-state index in [1.165, 1.54) is 22.8 Å².